The third-order valence-electron chi connectivity index (χ3n) is 1.40. The number of hydrogen-bond donors (Lipinski definition) is 4. The quantitative estimate of drug-likeness (QED) is 0.465. The van der Waals surface area contributed by atoms with E-state index in [1.54, 1.807) is 0 Å². The van der Waals surface area contributed by atoms with Gasteiger partial charge in [0.25, 0.3) is 0 Å². The lowest BCUT2D eigenvalue weighted by molar-refractivity contribution is 0.256. The summed E-state index contributed by atoms with van der Waals surface area (Å²) in [7, 11) is 0. The van der Waals surface area contributed by atoms with Gasteiger partial charge in [-0.3, -0.25) is 4.57 Å². The molecule has 0 aliphatic heterocycles. The SMILES string of the molecule is Nc1cc(O)n(CCO)c1O. The van der Waals surface area contributed by atoms with Crippen LogP contribution < -0.4 is 5.73 Å². The van der Waals surface area contributed by atoms with E-state index < -0.39 is 0 Å². The second-order valence-corrected chi connectivity index (χ2v) is 2.16. The maximum absolute atomic E-state index is 9.12. The van der Waals surface area contributed by atoms with Crippen LogP contribution in [0.5, 0.6) is 11.8 Å². The third kappa shape index (κ3) is 1.22. The first kappa shape index (κ1) is 7.74. The molecular weight excluding hydrogens is 148 g/mol. The Hall–Kier alpha value is -1.36. The van der Waals surface area contributed by atoms with E-state index >= 15 is 0 Å². The summed E-state index contributed by atoms with van der Waals surface area (Å²) < 4.78 is 1.12. The fourth-order valence-electron chi connectivity index (χ4n) is 0.866. The molecular formula is C6H10N2O3. The van der Waals surface area contributed by atoms with E-state index in [1.807, 2.05) is 0 Å². The molecule has 62 valence electrons. The molecule has 5 nitrogen and oxygen atoms in total. The average molecular weight is 158 g/mol. The summed E-state index contributed by atoms with van der Waals surface area (Å²) in [4.78, 5) is 0. The van der Waals surface area contributed by atoms with Gasteiger partial charge in [0.2, 0.25) is 5.88 Å². The molecule has 1 heterocycles. The first-order valence-electron chi connectivity index (χ1n) is 3.14. The van der Waals surface area contributed by atoms with Crippen molar-refractivity contribution in [1.82, 2.24) is 4.57 Å². The number of nitrogen functional groups attached to an aromatic ring is 1. The van der Waals surface area contributed by atoms with Crippen molar-refractivity contribution in [2.75, 3.05) is 12.3 Å². The van der Waals surface area contributed by atoms with Gasteiger partial charge in [0, 0.05) is 6.07 Å². The first-order valence-corrected chi connectivity index (χ1v) is 3.14. The molecule has 0 amide bonds. The van der Waals surface area contributed by atoms with Gasteiger partial charge in [-0.05, 0) is 0 Å². The van der Waals surface area contributed by atoms with Gasteiger partial charge in [-0.2, -0.15) is 0 Å². The normalized spacial score (nSPS) is 10.3. The number of nitrogens with two attached hydrogens (primary N) is 1. The van der Waals surface area contributed by atoms with Crippen molar-refractivity contribution in [1.29, 1.82) is 0 Å². The van der Waals surface area contributed by atoms with Crippen LogP contribution >= 0.6 is 0 Å². The summed E-state index contributed by atoms with van der Waals surface area (Å²) in [6.07, 6.45) is 0. The maximum Gasteiger partial charge on any atom is 0.217 e. The highest BCUT2D eigenvalue weighted by Crippen LogP contribution is 2.28. The van der Waals surface area contributed by atoms with Crippen LogP contribution in [0.2, 0.25) is 0 Å². The topological polar surface area (TPSA) is 91.6 Å². The van der Waals surface area contributed by atoms with Crippen LogP contribution in [0.25, 0.3) is 0 Å². The lowest BCUT2D eigenvalue weighted by Gasteiger charge is -2.02. The van der Waals surface area contributed by atoms with E-state index in [4.69, 9.17) is 21.1 Å². The van der Waals surface area contributed by atoms with Crippen LogP contribution in [-0.2, 0) is 6.54 Å². The number of hydrogen-bond acceptors (Lipinski definition) is 4. The number of aliphatic hydroxyl groups excluding tert-OH is 1. The van der Waals surface area contributed by atoms with E-state index in [9.17, 15) is 0 Å². The minimum absolute atomic E-state index is 0.107. The van der Waals surface area contributed by atoms with Crippen molar-refractivity contribution in [2.24, 2.45) is 0 Å². The van der Waals surface area contributed by atoms with Crippen LogP contribution in [0.3, 0.4) is 0 Å². The largest absolute Gasteiger partial charge is 0.494 e. The Morgan fingerprint density at radius 2 is 2.09 bits per heavy atom. The molecule has 5 N–H and O–H groups in total. The van der Waals surface area contributed by atoms with E-state index in [1.165, 1.54) is 6.07 Å². The minimum Gasteiger partial charge on any atom is -0.494 e. The van der Waals surface area contributed by atoms with Gasteiger partial charge in [0.1, 0.15) is 0 Å². The van der Waals surface area contributed by atoms with Gasteiger partial charge in [0.15, 0.2) is 5.88 Å². The summed E-state index contributed by atoms with van der Waals surface area (Å²) in [5, 5.41) is 26.7. The van der Waals surface area contributed by atoms with Gasteiger partial charge in [-0.25, -0.2) is 0 Å². The number of aliphatic hydroxyl groups is 1. The Balaban J connectivity index is 3.02. The number of rotatable bonds is 2. The van der Waals surface area contributed by atoms with E-state index in [-0.39, 0.29) is 30.6 Å². The van der Waals surface area contributed by atoms with Crippen molar-refractivity contribution >= 4 is 5.69 Å². The molecule has 0 saturated carbocycles. The zero-order valence-corrected chi connectivity index (χ0v) is 5.86. The summed E-state index contributed by atoms with van der Waals surface area (Å²) >= 11 is 0. The lowest BCUT2D eigenvalue weighted by atomic mass is 10.5. The second kappa shape index (κ2) is 2.71. The van der Waals surface area contributed by atoms with Gasteiger partial charge in [-0.15, -0.1) is 0 Å². The molecule has 0 aliphatic rings. The zero-order chi connectivity index (χ0) is 8.43. The average Bonchev–Trinajstić information content (AvgIpc) is 2.17. The van der Waals surface area contributed by atoms with Crippen molar-refractivity contribution < 1.29 is 15.3 Å². The van der Waals surface area contributed by atoms with Crippen molar-refractivity contribution in [3.05, 3.63) is 6.07 Å². The lowest BCUT2D eigenvalue weighted by Crippen LogP contribution is -2.00. The number of aromatic hydroxyl groups is 2. The Bertz CT molecular complexity index is 257. The van der Waals surface area contributed by atoms with Crippen LogP contribution in [0.15, 0.2) is 6.07 Å². The Morgan fingerprint density at radius 1 is 1.45 bits per heavy atom. The molecule has 5 heteroatoms. The predicted molar refractivity (Wildman–Crippen MR) is 39.3 cm³/mol. The fraction of sp³-hybridized carbons (Fsp3) is 0.333. The highest BCUT2D eigenvalue weighted by Gasteiger charge is 2.09. The molecule has 11 heavy (non-hydrogen) atoms. The number of anilines is 1. The Kier molecular flexibility index (Phi) is 1.91. The van der Waals surface area contributed by atoms with Gasteiger partial charge in [-0.1, -0.05) is 0 Å². The summed E-state index contributed by atoms with van der Waals surface area (Å²) in [6, 6.07) is 1.23. The fourth-order valence-corrected chi connectivity index (χ4v) is 0.866. The van der Waals surface area contributed by atoms with E-state index in [2.05, 4.69) is 0 Å². The molecule has 0 spiro atoms. The highest BCUT2D eigenvalue weighted by atomic mass is 16.3. The molecule has 0 radical (unpaired) electrons. The number of nitrogens with zero attached hydrogens (tertiary/aromatic N) is 1. The van der Waals surface area contributed by atoms with Crippen molar-refractivity contribution in [3.63, 3.8) is 0 Å². The monoisotopic (exact) mass is 158 g/mol. The second-order valence-electron chi connectivity index (χ2n) is 2.16. The summed E-state index contributed by atoms with van der Waals surface area (Å²) in [6.45, 7) is -0.0237. The Morgan fingerprint density at radius 3 is 2.45 bits per heavy atom. The molecule has 0 atom stereocenters. The smallest absolute Gasteiger partial charge is 0.217 e. The third-order valence-corrected chi connectivity index (χ3v) is 1.40. The standard InChI is InChI=1S/C6H10N2O3/c7-4-3-5(10)8(1-2-9)6(4)11/h3,9-11H,1-2,7H2. The van der Waals surface area contributed by atoms with Gasteiger partial charge >= 0.3 is 0 Å². The highest BCUT2D eigenvalue weighted by molar-refractivity contribution is 5.53. The summed E-state index contributed by atoms with van der Waals surface area (Å²) in [5.41, 5.74) is 5.37. The van der Waals surface area contributed by atoms with Crippen LogP contribution in [0.4, 0.5) is 5.69 Å². The van der Waals surface area contributed by atoms with E-state index in [0.717, 1.165) is 4.57 Å². The van der Waals surface area contributed by atoms with Crippen molar-refractivity contribution in [3.8, 4) is 11.8 Å². The van der Waals surface area contributed by atoms with Crippen molar-refractivity contribution in [2.45, 2.75) is 6.54 Å². The Labute approximate surface area is 63.3 Å². The minimum atomic E-state index is -0.212. The molecule has 0 saturated heterocycles. The number of aromatic nitrogens is 1. The first-order chi connectivity index (χ1) is 5.16. The molecule has 0 aromatic carbocycles. The molecule has 1 aromatic rings. The van der Waals surface area contributed by atoms with Crippen LogP contribution in [0.1, 0.15) is 0 Å². The molecule has 1 rings (SSSR count). The molecule has 1 aromatic heterocycles. The molecule has 0 bridgehead atoms. The molecule has 0 aliphatic carbocycles. The van der Waals surface area contributed by atoms with Crippen LogP contribution in [-0.4, -0.2) is 26.5 Å². The van der Waals surface area contributed by atoms with Crippen LogP contribution in [0, 0.1) is 0 Å². The maximum atomic E-state index is 9.12. The zero-order valence-electron chi connectivity index (χ0n) is 5.86. The molecule has 0 fully saturated rings. The molecule has 0 unspecified atom stereocenters. The van der Waals surface area contributed by atoms with E-state index in [0.29, 0.717) is 0 Å². The summed E-state index contributed by atoms with van der Waals surface area (Å²) in [5.74, 6) is -0.356. The predicted octanol–water partition coefficient (Wildman–Crippen LogP) is -0.526. The van der Waals surface area contributed by atoms with Gasteiger partial charge < -0.3 is 21.1 Å². The van der Waals surface area contributed by atoms with Gasteiger partial charge in [0.05, 0.1) is 18.8 Å².